The molecule has 124 valence electrons. The molecule has 1 atom stereocenters. The van der Waals surface area contributed by atoms with E-state index in [0.717, 1.165) is 60.0 Å². The Kier molecular flexibility index (Phi) is 3.94. The Morgan fingerprint density at radius 2 is 2.08 bits per heavy atom. The maximum atomic E-state index is 5.71. The van der Waals surface area contributed by atoms with E-state index in [1.54, 1.807) is 0 Å². The topological polar surface area (TPSA) is 51.5 Å². The molecule has 5 heteroatoms. The molecule has 0 unspecified atom stereocenters. The molecular formula is C19H22N4O. The Labute approximate surface area is 141 Å². The SMILES string of the molecule is Cc1cc(NC[C@H]2CCCO2)n2nc(C)c(-c3ccccc3)c2n1. The van der Waals surface area contributed by atoms with Gasteiger partial charge in [0.15, 0.2) is 5.65 Å². The lowest BCUT2D eigenvalue weighted by molar-refractivity contribution is 0.120. The molecule has 3 heterocycles. The normalized spacial score (nSPS) is 17.5. The van der Waals surface area contributed by atoms with Gasteiger partial charge in [-0.15, -0.1) is 0 Å². The predicted molar refractivity (Wildman–Crippen MR) is 95.4 cm³/mol. The highest BCUT2D eigenvalue weighted by molar-refractivity contribution is 5.80. The van der Waals surface area contributed by atoms with Crippen molar-refractivity contribution in [3.63, 3.8) is 0 Å². The van der Waals surface area contributed by atoms with Gasteiger partial charge >= 0.3 is 0 Å². The molecule has 0 aliphatic carbocycles. The van der Waals surface area contributed by atoms with Crippen molar-refractivity contribution in [2.24, 2.45) is 0 Å². The van der Waals surface area contributed by atoms with Crippen LogP contribution in [0.5, 0.6) is 0 Å². The van der Waals surface area contributed by atoms with Crippen molar-refractivity contribution in [1.29, 1.82) is 0 Å². The summed E-state index contributed by atoms with van der Waals surface area (Å²) < 4.78 is 7.62. The minimum atomic E-state index is 0.291. The zero-order valence-electron chi connectivity index (χ0n) is 14.1. The average Bonchev–Trinajstić information content (AvgIpc) is 3.20. The summed E-state index contributed by atoms with van der Waals surface area (Å²) in [6.07, 6.45) is 2.56. The maximum Gasteiger partial charge on any atom is 0.165 e. The summed E-state index contributed by atoms with van der Waals surface area (Å²) in [5.74, 6) is 0.971. The van der Waals surface area contributed by atoms with E-state index < -0.39 is 0 Å². The summed E-state index contributed by atoms with van der Waals surface area (Å²) in [6.45, 7) is 5.73. The fourth-order valence-corrected chi connectivity index (χ4v) is 3.34. The van der Waals surface area contributed by atoms with E-state index in [1.165, 1.54) is 0 Å². The Balaban J connectivity index is 1.75. The van der Waals surface area contributed by atoms with Gasteiger partial charge in [-0.25, -0.2) is 4.98 Å². The lowest BCUT2D eigenvalue weighted by atomic mass is 10.1. The molecule has 1 saturated heterocycles. The van der Waals surface area contributed by atoms with Gasteiger partial charge in [0, 0.05) is 30.5 Å². The van der Waals surface area contributed by atoms with Gasteiger partial charge in [-0.1, -0.05) is 30.3 Å². The van der Waals surface area contributed by atoms with E-state index >= 15 is 0 Å². The lowest BCUT2D eigenvalue weighted by Crippen LogP contribution is -2.20. The highest BCUT2D eigenvalue weighted by atomic mass is 16.5. The molecule has 3 aromatic rings. The Morgan fingerprint density at radius 1 is 1.25 bits per heavy atom. The van der Waals surface area contributed by atoms with Gasteiger partial charge in [0.2, 0.25) is 0 Å². The van der Waals surface area contributed by atoms with E-state index in [4.69, 9.17) is 14.8 Å². The summed E-state index contributed by atoms with van der Waals surface area (Å²) in [5.41, 5.74) is 5.11. The molecule has 2 aromatic heterocycles. The Morgan fingerprint density at radius 3 is 2.83 bits per heavy atom. The van der Waals surface area contributed by atoms with Crippen molar-refractivity contribution >= 4 is 11.5 Å². The van der Waals surface area contributed by atoms with Crippen LogP contribution in [-0.2, 0) is 4.74 Å². The summed E-state index contributed by atoms with van der Waals surface area (Å²) in [6, 6.07) is 12.4. The van der Waals surface area contributed by atoms with E-state index in [1.807, 2.05) is 42.6 Å². The number of rotatable bonds is 4. The molecule has 0 amide bonds. The smallest absolute Gasteiger partial charge is 0.165 e. The van der Waals surface area contributed by atoms with Crippen LogP contribution in [0.25, 0.3) is 16.8 Å². The van der Waals surface area contributed by atoms with E-state index in [0.29, 0.717) is 6.10 Å². The number of aryl methyl sites for hydroxylation is 2. The second-order valence-corrected chi connectivity index (χ2v) is 6.36. The first-order valence-electron chi connectivity index (χ1n) is 8.50. The van der Waals surface area contributed by atoms with Gasteiger partial charge in [0.05, 0.1) is 11.8 Å². The third kappa shape index (κ3) is 2.76. The van der Waals surface area contributed by atoms with Crippen LogP contribution in [0, 0.1) is 13.8 Å². The largest absolute Gasteiger partial charge is 0.376 e. The van der Waals surface area contributed by atoms with Crippen molar-refractivity contribution < 1.29 is 4.74 Å². The van der Waals surface area contributed by atoms with Crippen molar-refractivity contribution in [2.45, 2.75) is 32.8 Å². The van der Waals surface area contributed by atoms with Crippen LogP contribution in [0.2, 0.25) is 0 Å². The van der Waals surface area contributed by atoms with Crippen molar-refractivity contribution in [2.75, 3.05) is 18.5 Å². The maximum absolute atomic E-state index is 5.71. The number of anilines is 1. The lowest BCUT2D eigenvalue weighted by Gasteiger charge is -2.13. The second-order valence-electron chi connectivity index (χ2n) is 6.36. The van der Waals surface area contributed by atoms with Crippen LogP contribution in [0.3, 0.4) is 0 Å². The fraction of sp³-hybridized carbons (Fsp3) is 0.368. The molecule has 0 spiro atoms. The molecule has 1 fully saturated rings. The number of ether oxygens (including phenoxy) is 1. The first-order chi connectivity index (χ1) is 11.7. The molecule has 5 nitrogen and oxygen atoms in total. The molecule has 0 bridgehead atoms. The number of benzene rings is 1. The molecule has 1 N–H and O–H groups in total. The zero-order chi connectivity index (χ0) is 16.5. The van der Waals surface area contributed by atoms with Gasteiger partial charge in [-0.3, -0.25) is 0 Å². The van der Waals surface area contributed by atoms with E-state index in [9.17, 15) is 0 Å². The molecule has 0 radical (unpaired) electrons. The number of nitrogens with one attached hydrogen (secondary N) is 1. The third-order valence-electron chi connectivity index (χ3n) is 4.49. The Hall–Kier alpha value is -2.40. The first kappa shape index (κ1) is 15.1. The van der Waals surface area contributed by atoms with Crippen LogP contribution in [-0.4, -0.2) is 33.9 Å². The van der Waals surface area contributed by atoms with E-state index in [2.05, 4.69) is 17.4 Å². The Bertz CT molecular complexity index is 851. The number of nitrogens with zero attached hydrogens (tertiary/aromatic N) is 3. The van der Waals surface area contributed by atoms with Gasteiger partial charge < -0.3 is 10.1 Å². The summed E-state index contributed by atoms with van der Waals surface area (Å²) in [7, 11) is 0. The number of fused-ring (bicyclic) bond motifs is 1. The predicted octanol–water partition coefficient (Wildman–Crippen LogP) is 3.60. The van der Waals surface area contributed by atoms with Gasteiger partial charge in [-0.05, 0) is 32.3 Å². The van der Waals surface area contributed by atoms with Crippen LogP contribution in [0.15, 0.2) is 36.4 Å². The minimum absolute atomic E-state index is 0.291. The standard InChI is InChI=1S/C19H22N4O/c1-13-11-17(20-12-16-9-6-10-24-16)23-19(21-13)18(14(2)22-23)15-7-4-3-5-8-15/h3-5,7-8,11,16,20H,6,9-10,12H2,1-2H3/t16-/m1/s1. The molecule has 24 heavy (non-hydrogen) atoms. The van der Waals surface area contributed by atoms with Gasteiger partial charge in [0.25, 0.3) is 0 Å². The third-order valence-corrected chi connectivity index (χ3v) is 4.49. The molecule has 1 aliphatic heterocycles. The molecule has 4 rings (SSSR count). The molecular weight excluding hydrogens is 300 g/mol. The summed E-state index contributed by atoms with van der Waals surface area (Å²) in [5, 5.41) is 8.22. The van der Waals surface area contributed by atoms with E-state index in [-0.39, 0.29) is 0 Å². The number of hydrogen-bond donors (Lipinski definition) is 1. The fourth-order valence-electron chi connectivity index (χ4n) is 3.34. The molecule has 0 saturated carbocycles. The summed E-state index contributed by atoms with van der Waals surface area (Å²) in [4.78, 5) is 4.74. The van der Waals surface area contributed by atoms with Gasteiger partial charge in [0.1, 0.15) is 5.82 Å². The van der Waals surface area contributed by atoms with Crippen LogP contribution in [0.4, 0.5) is 5.82 Å². The highest BCUT2D eigenvalue weighted by Gasteiger charge is 2.18. The van der Waals surface area contributed by atoms with Crippen LogP contribution < -0.4 is 5.32 Å². The molecule has 1 aromatic carbocycles. The van der Waals surface area contributed by atoms with Crippen LogP contribution in [0.1, 0.15) is 24.2 Å². The van der Waals surface area contributed by atoms with Gasteiger partial charge in [-0.2, -0.15) is 9.61 Å². The monoisotopic (exact) mass is 322 g/mol. The van der Waals surface area contributed by atoms with Crippen LogP contribution >= 0.6 is 0 Å². The summed E-state index contributed by atoms with van der Waals surface area (Å²) >= 11 is 0. The second kappa shape index (κ2) is 6.24. The molecule has 1 aliphatic rings. The van der Waals surface area contributed by atoms with Crippen molar-refractivity contribution in [3.05, 3.63) is 47.8 Å². The highest BCUT2D eigenvalue weighted by Crippen LogP contribution is 2.29. The zero-order valence-corrected chi connectivity index (χ0v) is 14.1. The number of aromatic nitrogens is 3. The quantitative estimate of drug-likeness (QED) is 0.797. The first-order valence-corrected chi connectivity index (χ1v) is 8.50. The van der Waals surface area contributed by atoms with Crippen molar-refractivity contribution in [3.8, 4) is 11.1 Å². The number of hydrogen-bond acceptors (Lipinski definition) is 4. The average molecular weight is 322 g/mol. The van der Waals surface area contributed by atoms with Crippen molar-refractivity contribution in [1.82, 2.24) is 14.6 Å². The minimum Gasteiger partial charge on any atom is -0.376 e.